The number of alkyl carbamates (subject to hydrolysis) is 1. The number of rotatable bonds is 4. The highest BCUT2D eigenvalue weighted by molar-refractivity contribution is 6.49. The molecule has 2 aromatic rings. The number of ether oxygens (including phenoxy) is 1. The van der Waals surface area contributed by atoms with Gasteiger partial charge in [-0.15, -0.1) is 0 Å². The first-order valence-electron chi connectivity index (χ1n) is 10.2. The van der Waals surface area contributed by atoms with Gasteiger partial charge >= 0.3 is 6.09 Å². The number of nitrogens with zero attached hydrogens (tertiary/aromatic N) is 2. The van der Waals surface area contributed by atoms with Gasteiger partial charge in [0.05, 0.1) is 11.4 Å². The zero-order valence-electron chi connectivity index (χ0n) is 19.7. The van der Waals surface area contributed by atoms with Crippen molar-refractivity contribution in [1.82, 2.24) is 10.3 Å². The molecule has 0 bridgehead atoms. The van der Waals surface area contributed by atoms with E-state index in [9.17, 15) is 4.79 Å². The summed E-state index contributed by atoms with van der Waals surface area (Å²) in [6.07, 6.45) is 1.11. The standard InChI is InChI=1S/C23H33N4O3Si/c1-22(2,3)18-17(30-31(7)8)12-13-25-19(18)15-10-9-11-16(14-15)26-20(24)27-21(28)29-23(4,5)6/h9-14H,1-8H3,(H3,24,26,27,28). The minimum atomic E-state index is -0.933. The van der Waals surface area contributed by atoms with Crippen molar-refractivity contribution in [2.45, 2.75) is 65.7 Å². The van der Waals surface area contributed by atoms with Crippen molar-refractivity contribution in [3.05, 3.63) is 42.1 Å². The van der Waals surface area contributed by atoms with Gasteiger partial charge in [0.25, 0.3) is 9.04 Å². The topological polar surface area (TPSA) is 98.8 Å². The molecule has 0 spiro atoms. The number of carbonyl (C=O) groups is 1. The maximum atomic E-state index is 11.9. The third-order valence-corrected chi connectivity index (χ3v) is 4.60. The van der Waals surface area contributed by atoms with E-state index in [1.807, 2.05) is 30.3 Å². The molecule has 0 saturated carbocycles. The Bertz CT molecular complexity index is 960. The number of carbonyl (C=O) groups excluding carboxylic acids is 1. The summed E-state index contributed by atoms with van der Waals surface area (Å²) < 4.78 is 11.4. The van der Waals surface area contributed by atoms with E-state index in [2.05, 4.69) is 49.2 Å². The van der Waals surface area contributed by atoms with Gasteiger partial charge in [0, 0.05) is 17.3 Å². The zero-order chi connectivity index (χ0) is 23.4. The number of benzene rings is 1. The molecule has 3 N–H and O–H groups in total. The summed E-state index contributed by atoms with van der Waals surface area (Å²) in [7, 11) is -0.933. The molecule has 1 aromatic carbocycles. The Morgan fingerprint density at radius 2 is 1.81 bits per heavy atom. The Morgan fingerprint density at radius 1 is 1.13 bits per heavy atom. The normalized spacial score (nSPS) is 12.6. The van der Waals surface area contributed by atoms with E-state index in [4.69, 9.17) is 14.9 Å². The van der Waals surface area contributed by atoms with Crippen LogP contribution in [0, 0.1) is 0 Å². The summed E-state index contributed by atoms with van der Waals surface area (Å²) in [5.74, 6) is 0.813. The van der Waals surface area contributed by atoms with Crippen LogP contribution in [0.25, 0.3) is 11.3 Å². The van der Waals surface area contributed by atoms with E-state index < -0.39 is 20.7 Å². The summed E-state index contributed by atoms with van der Waals surface area (Å²) >= 11 is 0. The number of nitrogens with two attached hydrogens (primary N) is 1. The number of hydrogen-bond donors (Lipinski definition) is 2. The zero-order valence-corrected chi connectivity index (χ0v) is 20.7. The van der Waals surface area contributed by atoms with Crippen LogP contribution < -0.4 is 15.5 Å². The van der Waals surface area contributed by atoms with E-state index in [-0.39, 0.29) is 11.4 Å². The SMILES string of the molecule is C[Si](C)Oc1ccnc(-c2cccc(N=C(N)NC(=O)OC(C)(C)C)c2)c1C(C)(C)C. The van der Waals surface area contributed by atoms with Crippen molar-refractivity contribution in [1.29, 1.82) is 0 Å². The van der Waals surface area contributed by atoms with Gasteiger partial charge in [0.15, 0.2) is 0 Å². The van der Waals surface area contributed by atoms with Crippen LogP contribution in [0.3, 0.4) is 0 Å². The van der Waals surface area contributed by atoms with E-state index in [1.54, 1.807) is 27.0 Å². The summed E-state index contributed by atoms with van der Waals surface area (Å²) in [5.41, 5.74) is 8.47. The first-order chi connectivity index (χ1) is 14.3. The molecule has 0 aliphatic heterocycles. The summed E-state index contributed by atoms with van der Waals surface area (Å²) in [5, 5.41) is 2.44. The number of guanidine groups is 1. The minimum Gasteiger partial charge on any atom is -0.542 e. The second kappa shape index (κ2) is 9.51. The van der Waals surface area contributed by atoms with Crippen molar-refractivity contribution in [3.63, 3.8) is 0 Å². The van der Waals surface area contributed by atoms with Crippen LogP contribution in [0.5, 0.6) is 5.75 Å². The molecule has 0 fully saturated rings. The Morgan fingerprint density at radius 3 is 2.39 bits per heavy atom. The van der Waals surface area contributed by atoms with Gasteiger partial charge in [-0.1, -0.05) is 32.9 Å². The Hall–Kier alpha value is -2.87. The second-order valence-corrected chi connectivity index (χ2v) is 11.5. The smallest absolute Gasteiger partial charge is 0.414 e. The highest BCUT2D eigenvalue weighted by Crippen LogP contribution is 2.39. The highest BCUT2D eigenvalue weighted by Gasteiger charge is 2.25. The van der Waals surface area contributed by atoms with Crippen LogP contribution in [0.15, 0.2) is 41.5 Å². The average Bonchev–Trinajstić information content (AvgIpc) is 2.58. The molecule has 167 valence electrons. The lowest BCUT2D eigenvalue weighted by Gasteiger charge is -2.26. The number of hydrogen-bond acceptors (Lipinski definition) is 5. The number of pyridine rings is 1. The van der Waals surface area contributed by atoms with Crippen LogP contribution in [0.1, 0.15) is 47.1 Å². The monoisotopic (exact) mass is 441 g/mol. The molecule has 7 nitrogen and oxygen atoms in total. The van der Waals surface area contributed by atoms with Crippen molar-refractivity contribution in [2.75, 3.05) is 0 Å². The predicted molar refractivity (Wildman–Crippen MR) is 127 cm³/mol. The van der Waals surface area contributed by atoms with Gasteiger partial charge in [0.2, 0.25) is 5.96 Å². The van der Waals surface area contributed by atoms with Gasteiger partial charge in [-0.05, 0) is 57.5 Å². The van der Waals surface area contributed by atoms with Crippen molar-refractivity contribution in [3.8, 4) is 17.0 Å². The molecule has 1 heterocycles. The molecule has 0 unspecified atom stereocenters. The maximum absolute atomic E-state index is 11.9. The third kappa shape index (κ3) is 7.39. The number of aromatic nitrogens is 1. The molecule has 0 aliphatic carbocycles. The van der Waals surface area contributed by atoms with Gasteiger partial charge in [-0.25, -0.2) is 9.79 Å². The molecule has 0 saturated heterocycles. The second-order valence-electron chi connectivity index (χ2n) is 9.47. The van der Waals surface area contributed by atoms with Gasteiger partial charge in [-0.2, -0.15) is 0 Å². The van der Waals surface area contributed by atoms with Crippen molar-refractivity contribution < 1.29 is 14.0 Å². The van der Waals surface area contributed by atoms with Crippen LogP contribution in [-0.4, -0.2) is 31.7 Å². The molecule has 1 aromatic heterocycles. The van der Waals surface area contributed by atoms with Crippen LogP contribution in [0.2, 0.25) is 13.1 Å². The first kappa shape index (κ1) is 24.4. The molecule has 31 heavy (non-hydrogen) atoms. The molecule has 1 radical (unpaired) electrons. The minimum absolute atomic E-state index is 0.0447. The summed E-state index contributed by atoms with van der Waals surface area (Å²) in [6, 6.07) is 9.47. The Labute approximate surface area is 186 Å². The lowest BCUT2D eigenvalue weighted by Crippen LogP contribution is -2.40. The molecule has 0 aliphatic rings. The predicted octanol–water partition coefficient (Wildman–Crippen LogP) is 5.15. The van der Waals surface area contributed by atoms with E-state index in [0.717, 1.165) is 22.6 Å². The van der Waals surface area contributed by atoms with Crippen molar-refractivity contribution >= 4 is 26.8 Å². The van der Waals surface area contributed by atoms with Gasteiger partial charge in [0.1, 0.15) is 11.4 Å². The average molecular weight is 442 g/mol. The summed E-state index contributed by atoms with van der Waals surface area (Å²) in [6.45, 7) is 16.0. The van der Waals surface area contributed by atoms with E-state index >= 15 is 0 Å². The Kier molecular flexibility index (Phi) is 7.48. The van der Waals surface area contributed by atoms with Crippen LogP contribution in [-0.2, 0) is 10.2 Å². The number of amides is 1. The molecular weight excluding hydrogens is 408 g/mol. The molecule has 1 amide bonds. The van der Waals surface area contributed by atoms with Crippen LogP contribution >= 0.6 is 0 Å². The highest BCUT2D eigenvalue weighted by atomic mass is 28.3. The summed E-state index contributed by atoms with van der Waals surface area (Å²) in [4.78, 5) is 20.9. The lowest BCUT2D eigenvalue weighted by molar-refractivity contribution is 0.0562. The number of aliphatic imine (C=N–C) groups is 1. The van der Waals surface area contributed by atoms with Crippen molar-refractivity contribution in [2.24, 2.45) is 10.7 Å². The first-order valence-corrected chi connectivity index (χ1v) is 12.6. The number of nitrogens with one attached hydrogen (secondary N) is 1. The molecular formula is C23H33N4O3Si. The molecule has 0 atom stereocenters. The molecule has 2 rings (SSSR count). The van der Waals surface area contributed by atoms with Gasteiger partial charge in [-0.3, -0.25) is 10.3 Å². The quantitative estimate of drug-likeness (QED) is 0.388. The Balaban J connectivity index is 2.41. The largest absolute Gasteiger partial charge is 0.542 e. The van der Waals surface area contributed by atoms with E-state index in [1.165, 1.54) is 0 Å². The van der Waals surface area contributed by atoms with Crippen LogP contribution in [0.4, 0.5) is 10.5 Å². The fourth-order valence-electron chi connectivity index (χ4n) is 2.99. The lowest BCUT2D eigenvalue weighted by atomic mass is 9.83. The van der Waals surface area contributed by atoms with E-state index in [0.29, 0.717) is 5.69 Å². The maximum Gasteiger partial charge on any atom is 0.414 e. The fraction of sp³-hybridized carbons (Fsp3) is 0.435. The fourth-order valence-corrected chi connectivity index (χ4v) is 3.60. The third-order valence-electron chi connectivity index (χ3n) is 3.97. The van der Waals surface area contributed by atoms with Gasteiger partial charge < -0.3 is 14.9 Å². The molecule has 8 heteroatoms.